The van der Waals surface area contributed by atoms with Crippen molar-refractivity contribution in [2.24, 2.45) is 5.41 Å². The monoisotopic (exact) mass is 357 g/mol. The largest absolute Gasteiger partial charge is 0.299 e. The van der Waals surface area contributed by atoms with Crippen molar-refractivity contribution < 1.29 is 9.59 Å². The third kappa shape index (κ3) is 1.49. The van der Waals surface area contributed by atoms with E-state index in [2.05, 4.69) is 45.0 Å². The molecular weight excluding hydrogens is 334 g/mol. The van der Waals surface area contributed by atoms with Gasteiger partial charge in [-0.25, -0.2) is 0 Å². The summed E-state index contributed by atoms with van der Waals surface area (Å²) in [6, 6.07) is 10.9. The highest BCUT2D eigenvalue weighted by Gasteiger charge is 2.80. The van der Waals surface area contributed by atoms with Gasteiger partial charge in [-0.15, -0.1) is 0 Å². The van der Waals surface area contributed by atoms with Crippen molar-refractivity contribution in [3.8, 4) is 11.3 Å². The Morgan fingerprint density at radius 1 is 0.926 bits per heavy atom. The van der Waals surface area contributed by atoms with Crippen LogP contribution in [0.2, 0.25) is 0 Å². The number of hydrogen-bond acceptors (Lipinski definition) is 3. The van der Waals surface area contributed by atoms with Crippen LogP contribution in [0.3, 0.4) is 0 Å². The molecule has 0 saturated heterocycles. The van der Waals surface area contributed by atoms with Crippen molar-refractivity contribution in [2.75, 3.05) is 0 Å². The molecule has 3 bridgehead atoms. The second-order valence-corrected chi connectivity index (χ2v) is 10.2. The van der Waals surface area contributed by atoms with E-state index in [1.165, 1.54) is 16.7 Å². The number of ketones is 2. The predicted molar refractivity (Wildman–Crippen MR) is 103 cm³/mol. The first-order chi connectivity index (χ1) is 12.7. The van der Waals surface area contributed by atoms with Crippen LogP contribution in [0.4, 0.5) is 0 Å². The number of aromatic nitrogens is 1. The third-order valence-corrected chi connectivity index (χ3v) is 8.09. The number of nitrogens with zero attached hydrogens (tertiary/aromatic N) is 1. The predicted octanol–water partition coefficient (Wildman–Crippen LogP) is 4.26. The lowest BCUT2D eigenvalue weighted by atomic mass is 9.52. The van der Waals surface area contributed by atoms with E-state index in [4.69, 9.17) is 4.98 Å². The summed E-state index contributed by atoms with van der Waals surface area (Å²) < 4.78 is 0. The van der Waals surface area contributed by atoms with Crippen LogP contribution in [0, 0.1) is 5.41 Å². The first-order valence-corrected chi connectivity index (χ1v) is 9.91. The molecule has 3 spiro atoms. The fourth-order valence-electron chi connectivity index (χ4n) is 6.85. The van der Waals surface area contributed by atoms with Crippen molar-refractivity contribution in [1.82, 2.24) is 4.98 Å². The highest BCUT2D eigenvalue weighted by Crippen LogP contribution is 2.78. The maximum atomic E-state index is 13.0. The minimum absolute atomic E-state index is 0.0387. The van der Waals surface area contributed by atoms with E-state index >= 15 is 0 Å². The molecule has 0 radical (unpaired) electrons. The molecule has 3 unspecified atom stereocenters. The lowest BCUT2D eigenvalue weighted by molar-refractivity contribution is -0.136. The van der Waals surface area contributed by atoms with Crippen LogP contribution in [0.1, 0.15) is 63.1 Å². The SMILES string of the molecule is CC(C)(C)c1ccc2c(c1)C13CC(=O)C4(C1)CC3(CC4=O)c1cccnc1-2. The molecule has 3 heteroatoms. The van der Waals surface area contributed by atoms with Gasteiger partial charge in [0, 0.05) is 35.4 Å². The van der Waals surface area contributed by atoms with Gasteiger partial charge in [-0.1, -0.05) is 45.0 Å². The zero-order chi connectivity index (χ0) is 18.8. The van der Waals surface area contributed by atoms with Crippen LogP contribution in [-0.4, -0.2) is 16.6 Å². The molecule has 1 aromatic carbocycles. The van der Waals surface area contributed by atoms with Crippen molar-refractivity contribution >= 4 is 11.6 Å². The van der Waals surface area contributed by atoms with Crippen LogP contribution in [0.5, 0.6) is 0 Å². The van der Waals surface area contributed by atoms with Gasteiger partial charge in [0.05, 0.1) is 11.1 Å². The Balaban J connectivity index is 1.73. The average molecular weight is 357 g/mol. The quantitative estimate of drug-likeness (QED) is 0.662. The Labute approximate surface area is 159 Å². The van der Waals surface area contributed by atoms with Crippen molar-refractivity contribution in [3.63, 3.8) is 0 Å². The Bertz CT molecular complexity index is 1080. The first kappa shape index (κ1) is 15.7. The smallest absolute Gasteiger partial charge is 0.147 e. The molecule has 1 heterocycles. The molecule has 1 aromatic heterocycles. The number of benzene rings is 1. The normalized spacial score (nSPS) is 35.2. The number of fused-ring (bicyclic) bond motifs is 3. The highest BCUT2D eigenvalue weighted by atomic mass is 16.2. The molecule has 3 fully saturated rings. The summed E-state index contributed by atoms with van der Waals surface area (Å²) in [6.45, 7) is 6.68. The minimum atomic E-state index is -0.730. The molecule has 3 saturated carbocycles. The van der Waals surface area contributed by atoms with Gasteiger partial charge in [0.25, 0.3) is 0 Å². The molecule has 4 aliphatic carbocycles. The number of rotatable bonds is 0. The summed E-state index contributed by atoms with van der Waals surface area (Å²) in [5.41, 5.74) is 4.76. The maximum absolute atomic E-state index is 13.0. The summed E-state index contributed by atoms with van der Waals surface area (Å²) >= 11 is 0. The fraction of sp³-hybridized carbons (Fsp3) is 0.458. The average Bonchev–Trinajstić information content (AvgIpc) is 3.19. The minimum Gasteiger partial charge on any atom is -0.299 e. The summed E-state index contributed by atoms with van der Waals surface area (Å²) in [6.07, 6.45) is 4.24. The number of hydrogen-bond donors (Lipinski definition) is 0. The lowest BCUT2D eigenvalue weighted by Gasteiger charge is -2.50. The second kappa shape index (κ2) is 4.24. The Morgan fingerprint density at radius 3 is 2.26 bits per heavy atom. The molecule has 0 aliphatic heterocycles. The molecule has 3 nitrogen and oxygen atoms in total. The van der Waals surface area contributed by atoms with E-state index in [0.717, 1.165) is 11.3 Å². The van der Waals surface area contributed by atoms with Gasteiger partial charge >= 0.3 is 0 Å². The molecular formula is C24H23NO2. The third-order valence-electron chi connectivity index (χ3n) is 8.09. The van der Waals surface area contributed by atoms with Gasteiger partial charge in [0.2, 0.25) is 0 Å². The Kier molecular flexibility index (Phi) is 2.47. The van der Waals surface area contributed by atoms with Crippen LogP contribution >= 0.6 is 0 Å². The van der Waals surface area contributed by atoms with Gasteiger partial charge in [0.1, 0.15) is 11.6 Å². The van der Waals surface area contributed by atoms with Crippen molar-refractivity contribution in [2.45, 2.75) is 62.7 Å². The zero-order valence-electron chi connectivity index (χ0n) is 16.1. The van der Waals surface area contributed by atoms with Gasteiger partial charge in [0.15, 0.2) is 0 Å². The van der Waals surface area contributed by atoms with E-state index in [9.17, 15) is 9.59 Å². The molecule has 27 heavy (non-hydrogen) atoms. The van der Waals surface area contributed by atoms with E-state index in [1.54, 1.807) is 0 Å². The standard InChI is InChI=1S/C24H23NO2/c1-21(2,3)14-6-7-15-17(9-14)24-11-19(27)22(13-24)12-23(24,10-18(22)26)16-5-4-8-25-20(15)16/h4-9H,10-13H2,1-3H3. The van der Waals surface area contributed by atoms with E-state index in [0.29, 0.717) is 25.7 Å². The number of Topliss-reactive ketones (excluding diaryl/α,β-unsaturated/α-hetero) is 2. The van der Waals surface area contributed by atoms with Crippen molar-refractivity contribution in [1.29, 1.82) is 0 Å². The fourth-order valence-corrected chi connectivity index (χ4v) is 6.85. The topological polar surface area (TPSA) is 47.0 Å². The summed E-state index contributed by atoms with van der Waals surface area (Å²) in [5, 5.41) is 0. The summed E-state index contributed by atoms with van der Waals surface area (Å²) in [5.74, 6) is 0.353. The molecule has 2 aromatic rings. The molecule has 0 amide bonds. The highest BCUT2D eigenvalue weighted by molar-refractivity contribution is 6.15. The Hall–Kier alpha value is -2.29. The maximum Gasteiger partial charge on any atom is 0.147 e. The van der Waals surface area contributed by atoms with Crippen LogP contribution in [0.25, 0.3) is 11.3 Å². The van der Waals surface area contributed by atoms with E-state index in [-0.39, 0.29) is 27.8 Å². The second-order valence-electron chi connectivity index (χ2n) is 10.2. The first-order valence-electron chi connectivity index (χ1n) is 9.91. The number of carbonyl (C=O) groups is 2. The van der Waals surface area contributed by atoms with Gasteiger partial charge in [-0.2, -0.15) is 0 Å². The van der Waals surface area contributed by atoms with Crippen molar-refractivity contribution in [3.05, 3.63) is 53.2 Å². The van der Waals surface area contributed by atoms with Gasteiger partial charge < -0.3 is 0 Å². The van der Waals surface area contributed by atoms with Gasteiger partial charge in [-0.3, -0.25) is 14.6 Å². The zero-order valence-corrected chi connectivity index (χ0v) is 16.1. The number of pyridine rings is 1. The molecule has 0 N–H and O–H groups in total. The molecule has 4 aliphatic rings. The number of carbonyl (C=O) groups excluding carboxylic acids is 2. The van der Waals surface area contributed by atoms with E-state index in [1.807, 2.05) is 12.3 Å². The van der Waals surface area contributed by atoms with Crippen LogP contribution in [0.15, 0.2) is 36.5 Å². The Morgan fingerprint density at radius 2 is 1.59 bits per heavy atom. The summed E-state index contributed by atoms with van der Waals surface area (Å²) in [4.78, 5) is 30.8. The lowest BCUT2D eigenvalue weighted by Crippen LogP contribution is -2.49. The van der Waals surface area contributed by atoms with Crippen LogP contribution < -0.4 is 0 Å². The van der Waals surface area contributed by atoms with E-state index < -0.39 is 5.41 Å². The molecule has 136 valence electrons. The van der Waals surface area contributed by atoms with Gasteiger partial charge in [-0.05, 0) is 41.0 Å². The summed E-state index contributed by atoms with van der Waals surface area (Å²) in [7, 11) is 0. The van der Waals surface area contributed by atoms with Crippen LogP contribution in [-0.2, 0) is 25.8 Å². The molecule has 6 rings (SSSR count). The molecule has 3 atom stereocenters.